The Hall–Kier alpha value is -3.58. The summed E-state index contributed by atoms with van der Waals surface area (Å²) in [5.74, 6) is -1.02. The van der Waals surface area contributed by atoms with Gasteiger partial charge in [-0.25, -0.2) is 0 Å². The van der Waals surface area contributed by atoms with Crippen molar-refractivity contribution in [2.75, 3.05) is 26.0 Å². The van der Waals surface area contributed by atoms with Gasteiger partial charge in [0.15, 0.2) is 0 Å². The van der Waals surface area contributed by atoms with Crippen LogP contribution in [0.15, 0.2) is 36.2 Å². The normalized spacial score (nSPS) is 24.0. The molecule has 4 atom stereocenters. The van der Waals surface area contributed by atoms with E-state index in [0.29, 0.717) is 6.42 Å². The lowest BCUT2D eigenvalue weighted by atomic mass is 9.80. The maximum atomic E-state index is 14.1. The van der Waals surface area contributed by atoms with Gasteiger partial charge in [-0.1, -0.05) is 45.9 Å². The lowest BCUT2D eigenvalue weighted by Gasteiger charge is -2.36. The number of rotatable bonds is 7. The van der Waals surface area contributed by atoms with Crippen LogP contribution in [-0.4, -0.2) is 65.3 Å². The van der Waals surface area contributed by atoms with Gasteiger partial charge in [0, 0.05) is 38.9 Å². The molecule has 3 N–H and O–H groups in total. The molecule has 3 aliphatic rings. The molecule has 3 amide bonds. The number of hydrogen-bond donors (Lipinski definition) is 3. The second kappa shape index (κ2) is 10.1. The van der Waals surface area contributed by atoms with E-state index in [4.69, 9.17) is 0 Å². The number of benzene rings is 1. The number of para-hydroxylation sites is 1. The third kappa shape index (κ3) is 4.64. The number of nitrogens with zero attached hydrogens (tertiary/aromatic N) is 4. The van der Waals surface area contributed by atoms with Crippen LogP contribution in [0.25, 0.3) is 0 Å². The predicted octanol–water partition coefficient (Wildman–Crippen LogP) is 1.94. The van der Waals surface area contributed by atoms with Gasteiger partial charge in [0.1, 0.15) is 12.1 Å². The molecule has 0 bridgehead atoms. The second-order valence-electron chi connectivity index (χ2n) is 11.1. The van der Waals surface area contributed by atoms with Crippen LogP contribution in [-0.2, 0) is 19.8 Å². The summed E-state index contributed by atoms with van der Waals surface area (Å²) in [5.41, 5.74) is 7.32. The molecule has 198 valence electrons. The first-order valence-corrected chi connectivity index (χ1v) is 12.8. The highest BCUT2D eigenvalue weighted by Gasteiger charge is 2.56. The number of likely N-dealkylation sites (N-methyl/N-ethyl adjacent to an activating group) is 1. The van der Waals surface area contributed by atoms with E-state index in [9.17, 15) is 19.6 Å². The van der Waals surface area contributed by atoms with Crippen molar-refractivity contribution in [3.63, 3.8) is 0 Å². The number of carbonyl (C=O) groups is 3. The molecular formula is C27H37N7O3. The summed E-state index contributed by atoms with van der Waals surface area (Å²) < 4.78 is 0. The molecule has 1 fully saturated rings. The molecule has 0 saturated carbocycles. The van der Waals surface area contributed by atoms with Gasteiger partial charge >= 0.3 is 0 Å². The third-order valence-electron chi connectivity index (χ3n) is 7.69. The minimum absolute atomic E-state index is 0.0163. The van der Waals surface area contributed by atoms with Crippen LogP contribution in [0, 0.1) is 29.1 Å². The maximum absolute atomic E-state index is 14.1. The van der Waals surface area contributed by atoms with E-state index < -0.39 is 23.4 Å². The molecule has 0 unspecified atom stereocenters. The molecule has 1 spiro atoms. The number of nitrogens with one attached hydrogen (secondary N) is 3. The Kier molecular flexibility index (Phi) is 7.20. The molecule has 0 radical (unpaired) electrons. The van der Waals surface area contributed by atoms with Crippen LogP contribution >= 0.6 is 0 Å². The summed E-state index contributed by atoms with van der Waals surface area (Å²) in [6, 6.07) is 8.18. The summed E-state index contributed by atoms with van der Waals surface area (Å²) in [6.45, 7) is 8.07. The SMILES string of the molecule is CC(C)C[C@@H](C(=O)N1C[C@]2(C[C@H]1C#N)C(=O)Nc1ccccc12)N(C)C(=O)[C@H](C1=CN(C)NN1)C(C)C. The van der Waals surface area contributed by atoms with Crippen LogP contribution in [0.3, 0.4) is 0 Å². The number of likely N-dealkylation sites (tertiary alicyclic amines) is 1. The zero-order valence-corrected chi connectivity index (χ0v) is 22.4. The Morgan fingerprint density at radius 2 is 1.95 bits per heavy atom. The highest BCUT2D eigenvalue weighted by atomic mass is 16.2. The number of carbonyl (C=O) groups excluding carboxylic acids is 3. The third-order valence-corrected chi connectivity index (χ3v) is 7.69. The summed E-state index contributed by atoms with van der Waals surface area (Å²) in [6.07, 6.45) is 2.51. The van der Waals surface area contributed by atoms with Gasteiger partial charge in [0.05, 0.1) is 23.1 Å². The topological polar surface area (TPSA) is 121 Å². The van der Waals surface area contributed by atoms with Gasteiger partial charge < -0.3 is 20.5 Å². The molecule has 0 aromatic heterocycles. The van der Waals surface area contributed by atoms with Crippen molar-refractivity contribution in [2.45, 2.75) is 58.0 Å². The largest absolute Gasteiger partial charge is 0.333 e. The van der Waals surface area contributed by atoms with Crippen molar-refractivity contribution >= 4 is 23.4 Å². The average Bonchev–Trinajstić information content (AvgIpc) is 3.53. The molecule has 4 rings (SSSR count). The Balaban J connectivity index is 1.64. The summed E-state index contributed by atoms with van der Waals surface area (Å²) in [5, 5.41) is 14.7. The molecule has 10 nitrogen and oxygen atoms in total. The van der Waals surface area contributed by atoms with E-state index in [1.807, 2.05) is 65.2 Å². The maximum Gasteiger partial charge on any atom is 0.246 e. The molecule has 3 heterocycles. The summed E-state index contributed by atoms with van der Waals surface area (Å²) in [4.78, 5) is 44.2. The summed E-state index contributed by atoms with van der Waals surface area (Å²) in [7, 11) is 3.50. The number of anilines is 1. The molecule has 1 aromatic carbocycles. The monoisotopic (exact) mass is 507 g/mol. The zero-order valence-electron chi connectivity index (χ0n) is 22.4. The lowest BCUT2D eigenvalue weighted by Crippen LogP contribution is -2.54. The van der Waals surface area contributed by atoms with Crippen molar-refractivity contribution in [1.29, 1.82) is 5.26 Å². The molecule has 1 aromatic rings. The van der Waals surface area contributed by atoms with E-state index in [1.54, 1.807) is 12.1 Å². The molecule has 0 aliphatic carbocycles. The van der Waals surface area contributed by atoms with Gasteiger partial charge in [0.2, 0.25) is 17.7 Å². The Morgan fingerprint density at radius 1 is 1.24 bits per heavy atom. The van der Waals surface area contributed by atoms with Crippen LogP contribution in [0.1, 0.15) is 46.1 Å². The number of amides is 3. The van der Waals surface area contributed by atoms with E-state index >= 15 is 0 Å². The first-order chi connectivity index (χ1) is 17.5. The highest BCUT2D eigenvalue weighted by Crippen LogP contribution is 2.46. The van der Waals surface area contributed by atoms with E-state index in [0.717, 1.165) is 16.9 Å². The van der Waals surface area contributed by atoms with Crippen LogP contribution in [0.5, 0.6) is 0 Å². The number of fused-ring (bicyclic) bond motifs is 2. The molecule has 3 aliphatic heterocycles. The fourth-order valence-electron chi connectivity index (χ4n) is 5.78. The number of nitriles is 1. The van der Waals surface area contributed by atoms with E-state index in [-0.39, 0.29) is 42.5 Å². The minimum Gasteiger partial charge on any atom is -0.333 e. The predicted molar refractivity (Wildman–Crippen MR) is 139 cm³/mol. The molecule has 37 heavy (non-hydrogen) atoms. The van der Waals surface area contributed by atoms with Crippen molar-refractivity contribution in [1.82, 2.24) is 25.8 Å². The smallest absolute Gasteiger partial charge is 0.246 e. The van der Waals surface area contributed by atoms with Gasteiger partial charge in [0.25, 0.3) is 0 Å². The fraction of sp³-hybridized carbons (Fsp3) is 0.556. The Bertz CT molecular complexity index is 1160. The van der Waals surface area contributed by atoms with Gasteiger partial charge in [-0.05, 0) is 29.9 Å². The van der Waals surface area contributed by atoms with E-state index in [2.05, 4.69) is 22.3 Å². The molecule has 1 saturated heterocycles. The average molecular weight is 508 g/mol. The fourth-order valence-corrected chi connectivity index (χ4v) is 5.78. The van der Waals surface area contributed by atoms with Gasteiger partial charge in [-0.3, -0.25) is 19.4 Å². The first kappa shape index (κ1) is 26.5. The quantitative estimate of drug-likeness (QED) is 0.516. The van der Waals surface area contributed by atoms with Gasteiger partial charge in [-0.15, -0.1) is 5.53 Å². The highest BCUT2D eigenvalue weighted by molar-refractivity contribution is 6.07. The van der Waals surface area contributed by atoms with Gasteiger partial charge in [-0.2, -0.15) is 5.26 Å². The Morgan fingerprint density at radius 3 is 2.54 bits per heavy atom. The van der Waals surface area contributed by atoms with Crippen LogP contribution in [0.4, 0.5) is 5.69 Å². The molecule has 10 heteroatoms. The zero-order chi connectivity index (χ0) is 27.1. The van der Waals surface area contributed by atoms with Crippen molar-refractivity contribution in [3.8, 4) is 6.07 Å². The molecular weight excluding hydrogens is 470 g/mol. The van der Waals surface area contributed by atoms with Crippen molar-refractivity contribution in [3.05, 3.63) is 41.7 Å². The summed E-state index contributed by atoms with van der Waals surface area (Å²) >= 11 is 0. The number of hydrazine groups is 2. The minimum atomic E-state index is -0.965. The standard InChI is InChI=1S/C27H37N7O3/c1-16(2)11-22(33(6)25(36)23(17(3)4)21-14-32(5)31-30-21)24(35)34-15-27(12-18(34)13-28)19-9-7-8-10-20(19)29-26(27)37/h7-10,14,16-18,22-23,30-31H,11-12,15H2,1-6H3,(H,29,37)/t18-,22-,23-,27-/m0/s1. The second-order valence-corrected chi connectivity index (χ2v) is 11.1. The lowest BCUT2D eigenvalue weighted by molar-refractivity contribution is -0.147. The number of hydrogen-bond acceptors (Lipinski definition) is 7. The van der Waals surface area contributed by atoms with Crippen molar-refractivity contribution < 1.29 is 14.4 Å². The van der Waals surface area contributed by atoms with Crippen molar-refractivity contribution in [2.24, 2.45) is 17.8 Å². The van der Waals surface area contributed by atoms with Crippen LogP contribution in [0.2, 0.25) is 0 Å². The van der Waals surface area contributed by atoms with E-state index in [1.165, 1.54) is 9.80 Å². The Labute approximate surface area is 218 Å². The van der Waals surface area contributed by atoms with Crippen LogP contribution < -0.4 is 16.3 Å². The first-order valence-electron chi connectivity index (χ1n) is 12.8.